The summed E-state index contributed by atoms with van der Waals surface area (Å²) in [5.74, 6) is -1.14. The number of rotatable bonds is 6. The fourth-order valence-corrected chi connectivity index (χ4v) is 5.22. The monoisotopic (exact) mass is 418 g/mol. The number of hydrogen-bond acceptors (Lipinski definition) is 5. The molecule has 4 rings (SSSR count). The molecular formula is C21H23ClN2O5. The lowest BCUT2D eigenvalue weighted by atomic mass is 9.81. The van der Waals surface area contributed by atoms with Crippen molar-refractivity contribution in [1.82, 2.24) is 4.90 Å². The number of amides is 3. The Bertz CT molecular complexity index is 858. The second kappa shape index (κ2) is 7.78. The lowest BCUT2D eigenvalue weighted by Gasteiger charge is -2.19. The molecule has 0 spiro atoms. The van der Waals surface area contributed by atoms with Crippen LogP contribution in [-0.4, -0.2) is 41.7 Å². The van der Waals surface area contributed by atoms with E-state index in [1.54, 1.807) is 25.1 Å². The Balaban J connectivity index is 1.24. The van der Waals surface area contributed by atoms with Crippen LogP contribution in [-0.2, 0) is 23.9 Å². The van der Waals surface area contributed by atoms with Gasteiger partial charge in [0.05, 0.1) is 18.3 Å². The first-order valence-electron chi connectivity index (χ1n) is 9.92. The van der Waals surface area contributed by atoms with E-state index in [0.717, 1.165) is 24.8 Å². The van der Waals surface area contributed by atoms with Crippen molar-refractivity contribution < 1.29 is 23.9 Å². The third-order valence-electron chi connectivity index (χ3n) is 6.46. The van der Waals surface area contributed by atoms with Gasteiger partial charge in [0.25, 0.3) is 5.91 Å². The van der Waals surface area contributed by atoms with Gasteiger partial charge in [-0.25, -0.2) is 0 Å². The molecule has 3 fully saturated rings. The van der Waals surface area contributed by atoms with Crippen LogP contribution in [0.5, 0.6) is 0 Å². The fourth-order valence-electron chi connectivity index (χ4n) is 5.04. The summed E-state index contributed by atoms with van der Waals surface area (Å²) < 4.78 is 4.99. The molecule has 2 bridgehead atoms. The lowest BCUT2D eigenvalue weighted by molar-refractivity contribution is -0.149. The highest BCUT2D eigenvalue weighted by Gasteiger charge is 2.60. The highest BCUT2D eigenvalue weighted by atomic mass is 35.5. The Kier molecular flexibility index (Phi) is 5.34. The summed E-state index contributed by atoms with van der Waals surface area (Å²) in [5, 5.41) is 3.17. The van der Waals surface area contributed by atoms with Crippen molar-refractivity contribution in [2.75, 3.05) is 18.5 Å². The summed E-state index contributed by atoms with van der Waals surface area (Å²) in [4.78, 5) is 50.4. The lowest BCUT2D eigenvalue weighted by Crippen LogP contribution is -2.35. The van der Waals surface area contributed by atoms with Crippen molar-refractivity contribution in [2.45, 2.75) is 32.6 Å². The number of carbonyl (C=O) groups is 4. The molecule has 1 aliphatic heterocycles. The molecule has 0 radical (unpaired) electrons. The van der Waals surface area contributed by atoms with Crippen LogP contribution in [0.4, 0.5) is 5.69 Å². The van der Waals surface area contributed by atoms with Gasteiger partial charge in [-0.05, 0) is 55.7 Å². The van der Waals surface area contributed by atoms with Crippen LogP contribution >= 0.6 is 11.6 Å². The summed E-state index contributed by atoms with van der Waals surface area (Å²) in [5.41, 5.74) is 1.27. The highest BCUT2D eigenvalue weighted by molar-refractivity contribution is 6.31. The number of imide groups is 1. The van der Waals surface area contributed by atoms with Gasteiger partial charge in [0, 0.05) is 17.3 Å². The van der Waals surface area contributed by atoms with E-state index < -0.39 is 18.5 Å². The largest absolute Gasteiger partial charge is 0.456 e. The third-order valence-corrected chi connectivity index (χ3v) is 6.87. The Morgan fingerprint density at radius 1 is 1.17 bits per heavy atom. The predicted molar refractivity (Wildman–Crippen MR) is 105 cm³/mol. The average molecular weight is 419 g/mol. The van der Waals surface area contributed by atoms with Gasteiger partial charge in [0.2, 0.25) is 11.8 Å². The number of anilines is 1. The number of halogens is 1. The summed E-state index contributed by atoms with van der Waals surface area (Å²) in [7, 11) is 0. The minimum Gasteiger partial charge on any atom is -0.456 e. The van der Waals surface area contributed by atoms with Gasteiger partial charge in [-0.15, -0.1) is 0 Å². The molecule has 1 aromatic rings. The third kappa shape index (κ3) is 3.64. The number of nitrogens with one attached hydrogen (secondary N) is 1. The Morgan fingerprint density at radius 2 is 1.83 bits per heavy atom. The van der Waals surface area contributed by atoms with Crippen LogP contribution in [0, 0.1) is 30.6 Å². The molecule has 4 atom stereocenters. The molecule has 7 nitrogen and oxygen atoms in total. The number of hydrogen-bond donors (Lipinski definition) is 1. The van der Waals surface area contributed by atoms with Crippen LogP contribution < -0.4 is 5.32 Å². The van der Waals surface area contributed by atoms with Gasteiger partial charge < -0.3 is 10.1 Å². The molecule has 1 saturated heterocycles. The zero-order valence-electron chi connectivity index (χ0n) is 16.2. The number of ether oxygens (including phenoxy) is 1. The van der Waals surface area contributed by atoms with Crippen molar-refractivity contribution in [1.29, 1.82) is 0 Å². The van der Waals surface area contributed by atoms with Crippen LogP contribution in [0.3, 0.4) is 0 Å². The van der Waals surface area contributed by atoms with Gasteiger partial charge in [0.15, 0.2) is 6.61 Å². The van der Waals surface area contributed by atoms with Gasteiger partial charge in [-0.3, -0.25) is 24.1 Å². The Labute approximate surface area is 173 Å². The smallest absolute Gasteiger partial charge is 0.308 e. The van der Waals surface area contributed by atoms with Crippen LogP contribution in [0.15, 0.2) is 18.2 Å². The number of likely N-dealkylation sites (tertiary alicyclic amines) is 1. The summed E-state index contributed by atoms with van der Waals surface area (Å²) >= 11 is 6.01. The number of carbonyl (C=O) groups excluding carboxylic acids is 4. The van der Waals surface area contributed by atoms with Crippen molar-refractivity contribution in [3.05, 3.63) is 28.8 Å². The van der Waals surface area contributed by atoms with Crippen molar-refractivity contribution in [3.8, 4) is 0 Å². The van der Waals surface area contributed by atoms with E-state index in [0.29, 0.717) is 22.5 Å². The normalized spacial score (nSPS) is 27.3. The van der Waals surface area contributed by atoms with E-state index >= 15 is 0 Å². The molecule has 154 valence electrons. The molecule has 1 N–H and O–H groups in total. The maximum atomic E-state index is 12.6. The van der Waals surface area contributed by atoms with E-state index in [-0.39, 0.29) is 36.6 Å². The SMILES string of the molecule is Cc1c(Cl)cccc1NC(=O)COC(=O)CCN1C(=O)[C@H]2[C@@H]3CC[C@H](C3)[C@@H]2C1=O. The molecule has 3 aliphatic rings. The molecule has 2 saturated carbocycles. The molecule has 8 heteroatoms. The van der Waals surface area contributed by atoms with E-state index in [2.05, 4.69) is 5.32 Å². The van der Waals surface area contributed by atoms with Crippen LogP contribution in [0.25, 0.3) is 0 Å². The van der Waals surface area contributed by atoms with Gasteiger partial charge >= 0.3 is 5.97 Å². The topological polar surface area (TPSA) is 92.8 Å². The molecular weight excluding hydrogens is 396 g/mol. The minimum atomic E-state index is -0.622. The standard InChI is InChI=1S/C21H23ClN2O5/c1-11-14(22)3-2-4-15(11)23-16(25)10-29-17(26)7-8-24-20(27)18-12-5-6-13(9-12)19(18)21(24)28/h2-4,12-13,18-19H,5-10H2,1H3,(H,23,25)/t12-,13-,18+,19+/m1/s1. The second-order valence-electron chi connectivity index (χ2n) is 8.08. The zero-order chi connectivity index (χ0) is 20.7. The summed E-state index contributed by atoms with van der Waals surface area (Å²) in [6.07, 6.45) is 2.89. The van der Waals surface area contributed by atoms with E-state index in [1.807, 2.05) is 0 Å². The molecule has 0 unspecified atom stereocenters. The molecule has 29 heavy (non-hydrogen) atoms. The predicted octanol–water partition coefficient (Wildman–Crippen LogP) is 2.55. The average Bonchev–Trinajstić information content (AvgIpc) is 3.37. The van der Waals surface area contributed by atoms with E-state index in [9.17, 15) is 19.2 Å². The van der Waals surface area contributed by atoms with Gasteiger partial charge in [-0.2, -0.15) is 0 Å². The Morgan fingerprint density at radius 3 is 2.48 bits per heavy atom. The molecule has 0 aromatic heterocycles. The molecule has 1 heterocycles. The van der Waals surface area contributed by atoms with Crippen LogP contribution in [0.2, 0.25) is 5.02 Å². The summed E-state index contributed by atoms with van der Waals surface area (Å²) in [6, 6.07) is 5.13. The van der Waals surface area contributed by atoms with Crippen molar-refractivity contribution in [2.24, 2.45) is 23.7 Å². The van der Waals surface area contributed by atoms with Gasteiger partial charge in [0.1, 0.15) is 0 Å². The van der Waals surface area contributed by atoms with Gasteiger partial charge in [-0.1, -0.05) is 17.7 Å². The minimum absolute atomic E-state index is 0.0119. The van der Waals surface area contributed by atoms with Crippen molar-refractivity contribution >= 4 is 41.0 Å². The first-order valence-corrected chi connectivity index (χ1v) is 10.3. The number of esters is 1. The second-order valence-corrected chi connectivity index (χ2v) is 8.49. The number of benzene rings is 1. The van der Waals surface area contributed by atoms with Crippen LogP contribution in [0.1, 0.15) is 31.2 Å². The quantitative estimate of drug-likeness (QED) is 0.566. The molecule has 1 aromatic carbocycles. The first kappa shape index (κ1) is 19.9. The maximum Gasteiger partial charge on any atom is 0.308 e. The van der Waals surface area contributed by atoms with E-state index in [4.69, 9.17) is 16.3 Å². The highest BCUT2D eigenvalue weighted by Crippen LogP contribution is 2.56. The zero-order valence-corrected chi connectivity index (χ0v) is 16.9. The molecule has 3 amide bonds. The molecule has 2 aliphatic carbocycles. The Hall–Kier alpha value is -2.41. The van der Waals surface area contributed by atoms with E-state index in [1.165, 1.54) is 4.90 Å². The maximum absolute atomic E-state index is 12.6. The first-order chi connectivity index (χ1) is 13.9. The fraction of sp³-hybridized carbons (Fsp3) is 0.524. The number of nitrogens with zero attached hydrogens (tertiary/aromatic N) is 1. The van der Waals surface area contributed by atoms with Crippen molar-refractivity contribution in [3.63, 3.8) is 0 Å². The number of fused-ring (bicyclic) bond motifs is 5. The summed E-state index contributed by atoms with van der Waals surface area (Å²) in [6.45, 7) is 1.34.